The molecule has 1 aliphatic rings. The molecule has 0 amide bonds. The molecule has 9 nitrogen and oxygen atoms in total. The van der Waals surface area contributed by atoms with Gasteiger partial charge in [0.05, 0.1) is 19.0 Å². The Morgan fingerprint density at radius 3 is 2.71 bits per heavy atom. The maximum Gasteiger partial charge on any atom is 0.232 e. The van der Waals surface area contributed by atoms with Crippen molar-refractivity contribution in [3.05, 3.63) is 64.3 Å². The molecule has 3 aromatic rings. The van der Waals surface area contributed by atoms with Crippen molar-refractivity contribution in [1.29, 1.82) is 0 Å². The number of para-hydroxylation sites is 1. The Morgan fingerprint density at radius 2 is 1.94 bits per heavy atom. The highest BCUT2D eigenvalue weighted by molar-refractivity contribution is 7.77. The van der Waals surface area contributed by atoms with Gasteiger partial charge in [0.15, 0.2) is 5.82 Å². The lowest BCUT2D eigenvalue weighted by atomic mass is 10.0. The van der Waals surface area contributed by atoms with E-state index in [-0.39, 0.29) is 6.54 Å². The summed E-state index contributed by atoms with van der Waals surface area (Å²) in [6.07, 6.45) is 3.43. The summed E-state index contributed by atoms with van der Waals surface area (Å²) in [7, 11) is 1.68. The largest absolute Gasteiger partial charge is 0.494 e. The molecular weight excluding hydrogens is 488 g/mol. The summed E-state index contributed by atoms with van der Waals surface area (Å²) in [6.45, 7) is 5.45. The van der Waals surface area contributed by atoms with Gasteiger partial charge in [0.2, 0.25) is 17.2 Å². The quantitative estimate of drug-likeness (QED) is 0.312. The predicted molar refractivity (Wildman–Crippen MR) is 140 cm³/mol. The minimum absolute atomic E-state index is 0.196. The van der Waals surface area contributed by atoms with Crippen LogP contribution in [-0.2, 0) is 30.7 Å². The minimum Gasteiger partial charge on any atom is -0.494 e. The van der Waals surface area contributed by atoms with Crippen LogP contribution in [0.3, 0.4) is 0 Å². The molecule has 4 N–H and O–H groups in total. The molecule has 0 saturated heterocycles. The van der Waals surface area contributed by atoms with Crippen LogP contribution in [-0.4, -0.2) is 50.4 Å². The van der Waals surface area contributed by atoms with Crippen LogP contribution in [0.15, 0.2) is 42.6 Å². The molecule has 2 heterocycles. The maximum absolute atomic E-state index is 11.0. The molecular formula is C24H29ClN6O3S. The van der Waals surface area contributed by atoms with Gasteiger partial charge in [-0.3, -0.25) is 4.55 Å². The minimum atomic E-state index is -2.11. The highest BCUT2D eigenvalue weighted by atomic mass is 35.5. The number of ether oxygens (including phenoxy) is 1. The van der Waals surface area contributed by atoms with Gasteiger partial charge in [0, 0.05) is 30.9 Å². The second kappa shape index (κ2) is 11.8. The maximum atomic E-state index is 11.0. The first-order valence-electron chi connectivity index (χ1n) is 11.4. The van der Waals surface area contributed by atoms with Crippen LogP contribution in [0, 0.1) is 0 Å². The van der Waals surface area contributed by atoms with E-state index in [4.69, 9.17) is 20.9 Å². The number of methoxy groups -OCH3 is 1. The van der Waals surface area contributed by atoms with Crippen LogP contribution in [0.1, 0.15) is 23.6 Å². The van der Waals surface area contributed by atoms with Gasteiger partial charge in [0.1, 0.15) is 10.8 Å². The van der Waals surface area contributed by atoms with Crippen molar-refractivity contribution in [1.82, 2.24) is 19.6 Å². The monoisotopic (exact) mass is 516 g/mol. The number of likely N-dealkylation sites (N-methyl/N-ethyl adjacent to an activating group) is 1. The zero-order valence-electron chi connectivity index (χ0n) is 19.7. The van der Waals surface area contributed by atoms with Gasteiger partial charge in [-0.25, -0.2) is 13.9 Å². The lowest BCUT2D eigenvalue weighted by Gasteiger charge is -2.18. The summed E-state index contributed by atoms with van der Waals surface area (Å²) in [5, 5.41) is 6.84. The number of anilines is 4. The Kier molecular flexibility index (Phi) is 8.53. The Labute approximate surface area is 212 Å². The van der Waals surface area contributed by atoms with Crippen molar-refractivity contribution in [3.8, 4) is 5.75 Å². The normalized spacial score (nSPS) is 14.6. The molecule has 186 valence electrons. The van der Waals surface area contributed by atoms with Crippen LogP contribution in [0.25, 0.3) is 0 Å². The second-order valence-corrected chi connectivity index (χ2v) is 9.28. The third kappa shape index (κ3) is 6.28. The number of nitrogens with one attached hydrogen (secondary N) is 3. The van der Waals surface area contributed by atoms with Crippen LogP contribution in [0.4, 0.5) is 23.1 Å². The molecule has 0 spiro atoms. The first kappa shape index (κ1) is 25.3. The number of halogens is 1. The summed E-state index contributed by atoms with van der Waals surface area (Å²) < 4.78 is 28.4. The van der Waals surface area contributed by atoms with E-state index >= 15 is 0 Å². The lowest BCUT2D eigenvalue weighted by molar-refractivity contribution is 0.302. The molecule has 1 atom stereocenters. The Hall–Kier alpha value is -2.76. The van der Waals surface area contributed by atoms with Crippen LogP contribution in [0.5, 0.6) is 5.75 Å². The molecule has 0 fully saturated rings. The van der Waals surface area contributed by atoms with E-state index in [1.165, 1.54) is 17.3 Å². The molecule has 0 aliphatic carbocycles. The second-order valence-electron chi connectivity index (χ2n) is 8.09. The van der Waals surface area contributed by atoms with Crippen LogP contribution < -0.4 is 20.1 Å². The fourth-order valence-corrected chi connectivity index (χ4v) is 4.60. The average Bonchev–Trinajstić information content (AvgIpc) is 3.07. The summed E-state index contributed by atoms with van der Waals surface area (Å²) in [4.78, 5) is 11.4. The van der Waals surface area contributed by atoms with Crippen molar-refractivity contribution in [3.63, 3.8) is 0 Å². The molecule has 35 heavy (non-hydrogen) atoms. The predicted octanol–water partition coefficient (Wildman–Crippen LogP) is 4.27. The summed E-state index contributed by atoms with van der Waals surface area (Å²) in [5.74, 6) is 1.59. The van der Waals surface area contributed by atoms with E-state index in [2.05, 4.69) is 43.2 Å². The SMILES string of the molecule is CCN1CCc2ccc(Nc3ncc(Cl)c(Nc4ccccc4CNS(=O)O)n3)c(OC)c2CC1. The standard InChI is InChI=1S/C24H29ClN6O3S/c1-3-31-12-10-16-8-9-21(22(34-2)18(16)11-13-31)29-24-26-15-19(25)23(30-24)28-20-7-5-4-6-17(20)14-27-35(32)33/h4-9,15,27H,3,10-14H2,1-2H3,(H,32,33)(H2,26,28,29,30). The van der Waals surface area contributed by atoms with Crippen LogP contribution in [0.2, 0.25) is 5.02 Å². The molecule has 1 unspecified atom stereocenters. The van der Waals surface area contributed by atoms with Gasteiger partial charge in [-0.1, -0.05) is 42.8 Å². The first-order chi connectivity index (χ1) is 17.0. The molecule has 2 aromatic carbocycles. The van der Waals surface area contributed by atoms with Gasteiger partial charge in [-0.15, -0.1) is 0 Å². The topological polar surface area (TPSA) is 112 Å². The van der Waals surface area contributed by atoms with Crippen molar-refractivity contribution in [2.24, 2.45) is 0 Å². The number of benzene rings is 2. The molecule has 0 bridgehead atoms. The fourth-order valence-electron chi connectivity index (χ4n) is 4.18. The van der Waals surface area contributed by atoms with Crippen molar-refractivity contribution < 1.29 is 13.5 Å². The average molecular weight is 517 g/mol. The molecule has 4 rings (SSSR count). The molecule has 1 aliphatic heterocycles. The molecule has 11 heteroatoms. The third-order valence-corrected chi connectivity index (χ3v) is 6.70. The Morgan fingerprint density at radius 1 is 1.14 bits per heavy atom. The fraction of sp³-hybridized carbons (Fsp3) is 0.333. The third-order valence-electron chi connectivity index (χ3n) is 6.03. The number of aromatic nitrogens is 2. The van der Waals surface area contributed by atoms with E-state index in [1.807, 2.05) is 30.3 Å². The number of fused-ring (bicyclic) bond motifs is 1. The highest BCUT2D eigenvalue weighted by Gasteiger charge is 2.20. The van der Waals surface area contributed by atoms with E-state index in [9.17, 15) is 4.21 Å². The van der Waals surface area contributed by atoms with E-state index in [1.54, 1.807) is 7.11 Å². The number of rotatable bonds is 9. The summed E-state index contributed by atoms with van der Waals surface area (Å²) in [6, 6.07) is 11.5. The van der Waals surface area contributed by atoms with Crippen molar-refractivity contribution in [2.45, 2.75) is 26.3 Å². The molecule has 0 radical (unpaired) electrons. The zero-order valence-corrected chi connectivity index (χ0v) is 21.2. The van der Waals surface area contributed by atoms with E-state index in [0.717, 1.165) is 49.5 Å². The summed E-state index contributed by atoms with van der Waals surface area (Å²) in [5.41, 5.74) is 4.80. The van der Waals surface area contributed by atoms with Gasteiger partial charge < -0.3 is 20.3 Å². The van der Waals surface area contributed by atoms with Gasteiger partial charge in [-0.2, -0.15) is 4.98 Å². The zero-order chi connectivity index (χ0) is 24.8. The van der Waals surface area contributed by atoms with Gasteiger partial charge >= 0.3 is 0 Å². The van der Waals surface area contributed by atoms with Gasteiger partial charge in [-0.05, 0) is 42.6 Å². The molecule has 0 saturated carbocycles. The van der Waals surface area contributed by atoms with Gasteiger partial charge in [0.25, 0.3) is 0 Å². The number of nitrogens with zero attached hydrogens (tertiary/aromatic N) is 3. The van der Waals surface area contributed by atoms with E-state index in [0.29, 0.717) is 22.5 Å². The van der Waals surface area contributed by atoms with Crippen LogP contribution >= 0.6 is 11.6 Å². The Bertz CT molecular complexity index is 1210. The van der Waals surface area contributed by atoms with E-state index < -0.39 is 11.3 Å². The molecule has 1 aromatic heterocycles. The number of hydrogen-bond donors (Lipinski definition) is 4. The Balaban J connectivity index is 1.58. The first-order valence-corrected chi connectivity index (χ1v) is 12.9. The summed E-state index contributed by atoms with van der Waals surface area (Å²) >= 11 is 4.27. The lowest BCUT2D eigenvalue weighted by Crippen LogP contribution is -2.25. The number of hydrogen-bond acceptors (Lipinski definition) is 7. The van der Waals surface area contributed by atoms with Crippen molar-refractivity contribution >= 4 is 46.0 Å². The highest BCUT2D eigenvalue weighted by Crippen LogP contribution is 2.35. The van der Waals surface area contributed by atoms with Crippen molar-refractivity contribution in [2.75, 3.05) is 37.4 Å². The smallest absolute Gasteiger partial charge is 0.232 e.